The summed E-state index contributed by atoms with van der Waals surface area (Å²) in [5.41, 5.74) is 1.94. The van der Waals surface area contributed by atoms with E-state index in [0.29, 0.717) is 17.5 Å². The van der Waals surface area contributed by atoms with Crippen molar-refractivity contribution in [3.8, 4) is 0 Å². The van der Waals surface area contributed by atoms with Gasteiger partial charge in [0, 0.05) is 12.0 Å². The van der Waals surface area contributed by atoms with Crippen molar-refractivity contribution in [2.24, 2.45) is 0 Å². The number of rotatable bonds is 1. The molecule has 0 saturated heterocycles. The first-order valence-electron chi connectivity index (χ1n) is 5.60. The van der Waals surface area contributed by atoms with Crippen LogP contribution in [0.2, 0.25) is 0 Å². The van der Waals surface area contributed by atoms with Crippen molar-refractivity contribution < 1.29 is 14.1 Å². The van der Waals surface area contributed by atoms with Gasteiger partial charge >= 0.3 is 0 Å². The van der Waals surface area contributed by atoms with Gasteiger partial charge in [0.1, 0.15) is 5.56 Å². The number of benzene rings is 1. The van der Waals surface area contributed by atoms with Crippen LogP contribution < -0.4 is 0 Å². The van der Waals surface area contributed by atoms with Crippen molar-refractivity contribution in [2.45, 2.75) is 31.9 Å². The second kappa shape index (κ2) is 3.35. The van der Waals surface area contributed by atoms with Crippen LogP contribution in [0.5, 0.6) is 0 Å². The van der Waals surface area contributed by atoms with Gasteiger partial charge in [-0.3, -0.25) is 14.9 Å². The number of ketones is 1. The Morgan fingerprint density at radius 3 is 2.82 bits per heavy atom. The van der Waals surface area contributed by atoms with E-state index in [1.165, 1.54) is 0 Å². The van der Waals surface area contributed by atoms with E-state index >= 15 is 0 Å². The molecule has 2 aliphatic carbocycles. The number of carbonyl (C=O) groups is 1. The van der Waals surface area contributed by atoms with Gasteiger partial charge in [-0.15, -0.1) is 0 Å². The summed E-state index contributed by atoms with van der Waals surface area (Å²) in [5, 5.41) is 11.1. The molecule has 0 bridgehead atoms. The minimum absolute atomic E-state index is 0.0116. The highest BCUT2D eigenvalue weighted by atomic mass is 19.1. The van der Waals surface area contributed by atoms with Gasteiger partial charge in [0.15, 0.2) is 6.17 Å². The fraction of sp³-hybridized carbons (Fsp3) is 0.417. The Morgan fingerprint density at radius 2 is 2.12 bits per heavy atom. The van der Waals surface area contributed by atoms with Crippen LogP contribution in [0.15, 0.2) is 6.07 Å². The summed E-state index contributed by atoms with van der Waals surface area (Å²) in [6.45, 7) is 0. The lowest BCUT2D eigenvalue weighted by molar-refractivity contribution is -0.385. The molecule has 3 rings (SSSR count). The summed E-state index contributed by atoms with van der Waals surface area (Å²) in [6, 6.07) is 1.78. The molecule has 5 heteroatoms. The molecule has 1 atom stereocenters. The van der Waals surface area contributed by atoms with Crippen LogP contribution >= 0.6 is 0 Å². The van der Waals surface area contributed by atoms with Crippen molar-refractivity contribution in [3.05, 3.63) is 38.4 Å². The van der Waals surface area contributed by atoms with E-state index in [1.54, 1.807) is 6.07 Å². The van der Waals surface area contributed by atoms with E-state index < -0.39 is 16.9 Å². The first kappa shape index (κ1) is 10.4. The Hall–Kier alpha value is -1.78. The van der Waals surface area contributed by atoms with E-state index in [4.69, 9.17) is 0 Å². The summed E-state index contributed by atoms with van der Waals surface area (Å²) in [4.78, 5) is 22.2. The van der Waals surface area contributed by atoms with Gasteiger partial charge in [-0.25, -0.2) is 4.39 Å². The summed E-state index contributed by atoms with van der Waals surface area (Å²) in [5.74, 6) is -0.721. The lowest BCUT2D eigenvalue weighted by Crippen LogP contribution is -2.10. The van der Waals surface area contributed by atoms with Crippen LogP contribution in [-0.2, 0) is 19.3 Å². The number of fused-ring (bicyclic) bond motifs is 2. The fourth-order valence-corrected chi connectivity index (χ4v) is 2.86. The smallest absolute Gasteiger partial charge is 0.284 e. The molecule has 1 aromatic carbocycles. The molecule has 0 amide bonds. The number of Topliss-reactive ketones (excluding diaryl/α,β-unsaturated/α-hetero) is 1. The Bertz CT molecular complexity index is 553. The molecule has 0 spiro atoms. The summed E-state index contributed by atoms with van der Waals surface area (Å²) in [7, 11) is 0. The number of carbonyl (C=O) groups excluding carboxylic acids is 1. The van der Waals surface area contributed by atoms with Crippen LogP contribution in [0.25, 0.3) is 0 Å². The maximum atomic E-state index is 13.4. The van der Waals surface area contributed by atoms with Crippen molar-refractivity contribution in [1.29, 1.82) is 0 Å². The first-order chi connectivity index (χ1) is 8.09. The molecule has 0 radical (unpaired) electrons. The van der Waals surface area contributed by atoms with Crippen LogP contribution in [-0.4, -0.2) is 16.9 Å². The van der Waals surface area contributed by atoms with E-state index in [9.17, 15) is 19.3 Å². The average molecular weight is 235 g/mol. The molecule has 1 aromatic rings. The van der Waals surface area contributed by atoms with E-state index in [2.05, 4.69) is 0 Å². The third kappa shape index (κ3) is 1.31. The summed E-state index contributed by atoms with van der Waals surface area (Å²) in [6.07, 6.45) is 0.651. The zero-order chi connectivity index (χ0) is 12.2. The summed E-state index contributed by atoms with van der Waals surface area (Å²) >= 11 is 0. The predicted molar refractivity (Wildman–Crippen MR) is 58.1 cm³/mol. The first-order valence-corrected chi connectivity index (χ1v) is 5.60. The SMILES string of the molecule is O=C1c2c(cc3c(c2[N+](=O)[O-])CCC3)CC1F. The molecule has 1 unspecified atom stereocenters. The molecular formula is C12H10FNO3. The topological polar surface area (TPSA) is 60.2 Å². The van der Waals surface area contributed by atoms with E-state index in [1.807, 2.05) is 0 Å². The van der Waals surface area contributed by atoms with Crippen LogP contribution in [0.4, 0.5) is 10.1 Å². The molecule has 17 heavy (non-hydrogen) atoms. The number of hydrogen-bond acceptors (Lipinski definition) is 3. The van der Waals surface area contributed by atoms with Gasteiger partial charge in [-0.1, -0.05) is 6.07 Å². The van der Waals surface area contributed by atoms with Crippen molar-refractivity contribution >= 4 is 11.5 Å². The molecule has 0 aromatic heterocycles. The third-order valence-electron chi connectivity index (χ3n) is 3.57. The zero-order valence-electron chi connectivity index (χ0n) is 9.03. The molecule has 4 nitrogen and oxygen atoms in total. The number of hydrogen-bond donors (Lipinski definition) is 0. The highest BCUT2D eigenvalue weighted by Gasteiger charge is 2.40. The number of alkyl halides is 1. The second-order valence-corrected chi connectivity index (χ2v) is 4.54. The molecule has 0 saturated carbocycles. The zero-order valence-corrected chi connectivity index (χ0v) is 9.03. The Morgan fingerprint density at radius 1 is 1.35 bits per heavy atom. The van der Waals surface area contributed by atoms with Gasteiger partial charge < -0.3 is 0 Å². The number of halogens is 1. The third-order valence-corrected chi connectivity index (χ3v) is 3.57. The highest BCUT2D eigenvalue weighted by Crippen LogP contribution is 2.40. The molecule has 0 fully saturated rings. The molecule has 2 aliphatic rings. The van der Waals surface area contributed by atoms with E-state index in [0.717, 1.165) is 18.4 Å². The number of nitro benzene ring substituents is 1. The van der Waals surface area contributed by atoms with Crippen molar-refractivity contribution in [3.63, 3.8) is 0 Å². The standard InChI is InChI=1S/C12H10FNO3/c13-9-5-7-4-6-2-1-3-8(6)11(14(16)17)10(7)12(9)15/h4,9H,1-3,5H2. The molecule has 0 heterocycles. The quantitative estimate of drug-likeness (QED) is 0.553. The lowest BCUT2D eigenvalue weighted by atomic mass is 9.99. The van der Waals surface area contributed by atoms with Crippen LogP contribution in [0.1, 0.15) is 33.5 Å². The van der Waals surface area contributed by atoms with Gasteiger partial charge in [-0.05, 0) is 30.4 Å². The largest absolute Gasteiger partial charge is 0.291 e. The normalized spacial score (nSPS) is 21.5. The number of aryl methyl sites for hydroxylation is 1. The van der Waals surface area contributed by atoms with Gasteiger partial charge in [0.25, 0.3) is 5.69 Å². The Labute approximate surface area is 96.6 Å². The van der Waals surface area contributed by atoms with Crippen LogP contribution in [0, 0.1) is 10.1 Å². The summed E-state index contributed by atoms with van der Waals surface area (Å²) < 4.78 is 13.4. The van der Waals surface area contributed by atoms with Gasteiger partial charge in [0.05, 0.1) is 4.92 Å². The minimum Gasteiger partial charge on any atom is -0.291 e. The maximum absolute atomic E-state index is 13.4. The van der Waals surface area contributed by atoms with Crippen molar-refractivity contribution in [1.82, 2.24) is 0 Å². The number of nitrogens with zero attached hydrogens (tertiary/aromatic N) is 1. The molecule has 0 aliphatic heterocycles. The average Bonchev–Trinajstić information content (AvgIpc) is 2.82. The van der Waals surface area contributed by atoms with Gasteiger partial charge in [0.2, 0.25) is 5.78 Å². The Balaban J connectivity index is 2.32. The van der Waals surface area contributed by atoms with E-state index in [-0.39, 0.29) is 17.7 Å². The Kier molecular flexibility index (Phi) is 2.05. The predicted octanol–water partition coefficient (Wildman–Crippen LogP) is 2.16. The minimum atomic E-state index is -1.61. The molecule has 0 N–H and O–H groups in total. The second-order valence-electron chi connectivity index (χ2n) is 4.54. The lowest BCUT2D eigenvalue weighted by Gasteiger charge is -2.05. The monoisotopic (exact) mass is 235 g/mol. The molecular weight excluding hydrogens is 225 g/mol. The number of nitro groups is 1. The van der Waals surface area contributed by atoms with Crippen molar-refractivity contribution in [2.75, 3.05) is 0 Å². The van der Waals surface area contributed by atoms with Gasteiger partial charge in [-0.2, -0.15) is 0 Å². The maximum Gasteiger partial charge on any atom is 0.284 e. The fourth-order valence-electron chi connectivity index (χ4n) is 2.86. The highest BCUT2D eigenvalue weighted by molar-refractivity contribution is 6.07. The van der Waals surface area contributed by atoms with Crippen LogP contribution in [0.3, 0.4) is 0 Å². The molecule has 88 valence electrons.